The van der Waals surface area contributed by atoms with Crippen LogP contribution in [-0.2, 0) is 11.2 Å². The smallest absolute Gasteiger partial charge is 0.354 e. The molecule has 94 valence electrons. The molecule has 0 radical (unpaired) electrons. The van der Waals surface area contributed by atoms with Crippen LogP contribution in [0.5, 0.6) is 0 Å². The highest BCUT2D eigenvalue weighted by Crippen LogP contribution is 2.20. The van der Waals surface area contributed by atoms with Crippen LogP contribution in [0.2, 0.25) is 0 Å². The van der Waals surface area contributed by atoms with E-state index in [-0.39, 0.29) is 5.97 Å². The Hall–Kier alpha value is -1.68. The monoisotopic (exact) mass is 261 g/mol. The van der Waals surface area contributed by atoms with Gasteiger partial charge >= 0.3 is 5.97 Å². The van der Waals surface area contributed by atoms with Crippen LogP contribution in [0.3, 0.4) is 0 Å². The summed E-state index contributed by atoms with van der Waals surface area (Å²) < 4.78 is 4.64. The lowest BCUT2D eigenvalue weighted by Gasteiger charge is -1.99. The number of nitrogens with one attached hydrogen (secondary N) is 1. The second-order valence-corrected chi connectivity index (χ2v) is 4.99. The largest absolute Gasteiger partial charge is 0.464 e. The first-order valence-electron chi connectivity index (χ1n) is 5.73. The van der Waals surface area contributed by atoms with Gasteiger partial charge in [0.05, 0.1) is 7.11 Å². The molecule has 0 spiro atoms. The summed E-state index contributed by atoms with van der Waals surface area (Å²) in [5, 5.41) is 0. The number of H-pyrrole nitrogens is 1. The van der Waals surface area contributed by atoms with Crippen molar-refractivity contribution in [2.45, 2.75) is 11.3 Å². The van der Waals surface area contributed by atoms with E-state index in [1.165, 1.54) is 12.7 Å². The number of carbonyl (C=O) groups is 1. The van der Waals surface area contributed by atoms with Gasteiger partial charge in [-0.2, -0.15) is 0 Å². The highest BCUT2D eigenvalue weighted by molar-refractivity contribution is 7.99. The molecule has 4 heteroatoms. The van der Waals surface area contributed by atoms with Gasteiger partial charge in [-0.1, -0.05) is 30.3 Å². The van der Waals surface area contributed by atoms with Crippen molar-refractivity contribution < 1.29 is 9.53 Å². The van der Waals surface area contributed by atoms with Gasteiger partial charge in [0, 0.05) is 16.8 Å². The Labute approximate surface area is 111 Å². The fraction of sp³-hybridized carbons (Fsp3) is 0.214. The molecule has 0 aliphatic rings. The number of methoxy groups -OCH3 is 1. The Balaban J connectivity index is 1.84. The van der Waals surface area contributed by atoms with E-state index in [9.17, 15) is 4.79 Å². The summed E-state index contributed by atoms with van der Waals surface area (Å²) in [4.78, 5) is 15.2. The van der Waals surface area contributed by atoms with Gasteiger partial charge in [-0.05, 0) is 18.1 Å². The van der Waals surface area contributed by atoms with E-state index >= 15 is 0 Å². The van der Waals surface area contributed by atoms with E-state index in [0.717, 1.165) is 17.1 Å². The van der Waals surface area contributed by atoms with E-state index in [4.69, 9.17) is 0 Å². The summed E-state index contributed by atoms with van der Waals surface area (Å²) in [6.07, 6.45) is 2.85. The Morgan fingerprint density at radius 1 is 1.33 bits per heavy atom. The third-order valence-corrected chi connectivity index (χ3v) is 3.54. The van der Waals surface area contributed by atoms with Crippen molar-refractivity contribution >= 4 is 17.7 Å². The van der Waals surface area contributed by atoms with E-state index in [1.807, 2.05) is 30.5 Å². The molecule has 1 aromatic heterocycles. The fourth-order valence-corrected chi connectivity index (χ4v) is 2.53. The molecule has 3 nitrogen and oxygen atoms in total. The van der Waals surface area contributed by atoms with E-state index in [2.05, 4.69) is 21.9 Å². The molecule has 0 bridgehead atoms. The summed E-state index contributed by atoms with van der Waals surface area (Å²) in [5.41, 5.74) is 1.83. The minimum atomic E-state index is -0.329. The van der Waals surface area contributed by atoms with Gasteiger partial charge in [0.2, 0.25) is 0 Å². The quantitative estimate of drug-likeness (QED) is 0.664. The maximum Gasteiger partial charge on any atom is 0.354 e. The molecule has 0 saturated carbocycles. The molecule has 0 aliphatic carbocycles. The zero-order valence-electron chi connectivity index (χ0n) is 10.2. The van der Waals surface area contributed by atoms with Crippen LogP contribution in [0.1, 0.15) is 16.1 Å². The fourth-order valence-electron chi connectivity index (χ4n) is 1.62. The lowest BCUT2D eigenvalue weighted by atomic mass is 10.2. The van der Waals surface area contributed by atoms with Gasteiger partial charge < -0.3 is 9.72 Å². The molecule has 1 N–H and O–H groups in total. The van der Waals surface area contributed by atoms with Gasteiger partial charge in [-0.15, -0.1) is 11.8 Å². The predicted molar refractivity (Wildman–Crippen MR) is 73.0 cm³/mol. The number of thioether (sulfide) groups is 1. The minimum absolute atomic E-state index is 0.329. The summed E-state index contributed by atoms with van der Waals surface area (Å²) in [6, 6.07) is 12.2. The van der Waals surface area contributed by atoms with E-state index in [0.29, 0.717) is 5.69 Å². The Bertz CT molecular complexity index is 508. The van der Waals surface area contributed by atoms with Crippen LogP contribution >= 0.6 is 11.8 Å². The number of hydrogen-bond acceptors (Lipinski definition) is 3. The topological polar surface area (TPSA) is 42.1 Å². The van der Waals surface area contributed by atoms with Gasteiger partial charge in [0.25, 0.3) is 0 Å². The van der Waals surface area contributed by atoms with Crippen LogP contribution in [0.25, 0.3) is 0 Å². The lowest BCUT2D eigenvalue weighted by Crippen LogP contribution is -2.00. The van der Waals surface area contributed by atoms with Crippen molar-refractivity contribution in [1.29, 1.82) is 0 Å². The number of aromatic amines is 1. The first-order valence-corrected chi connectivity index (χ1v) is 6.71. The number of carbonyl (C=O) groups excluding carboxylic acids is 1. The molecule has 0 amide bonds. The summed E-state index contributed by atoms with van der Waals surface area (Å²) in [5.74, 6) is 0.660. The molecule has 0 saturated heterocycles. The average Bonchev–Trinajstić information content (AvgIpc) is 2.88. The maximum absolute atomic E-state index is 11.3. The van der Waals surface area contributed by atoms with Crippen molar-refractivity contribution in [2.75, 3.05) is 12.9 Å². The predicted octanol–water partition coefficient (Wildman–Crippen LogP) is 3.14. The second kappa shape index (κ2) is 6.31. The van der Waals surface area contributed by atoms with Gasteiger partial charge in [0.15, 0.2) is 0 Å². The van der Waals surface area contributed by atoms with Crippen molar-refractivity contribution in [3.8, 4) is 0 Å². The third-order valence-electron chi connectivity index (χ3n) is 2.56. The SMILES string of the molecule is COC(=O)c1cc(SCCc2ccccc2)c[nH]1. The molecular formula is C14H15NO2S. The summed E-state index contributed by atoms with van der Waals surface area (Å²) >= 11 is 1.72. The van der Waals surface area contributed by atoms with Crippen LogP contribution in [0.4, 0.5) is 0 Å². The number of esters is 1. The second-order valence-electron chi connectivity index (χ2n) is 3.82. The number of ether oxygens (including phenoxy) is 1. The van der Waals surface area contributed by atoms with Crippen molar-refractivity contribution in [3.05, 3.63) is 53.9 Å². The first-order chi connectivity index (χ1) is 8.79. The van der Waals surface area contributed by atoms with Crippen molar-refractivity contribution in [2.24, 2.45) is 0 Å². The summed E-state index contributed by atoms with van der Waals surface area (Å²) in [6.45, 7) is 0. The molecule has 0 atom stereocenters. The van der Waals surface area contributed by atoms with Crippen LogP contribution in [-0.4, -0.2) is 23.8 Å². The van der Waals surface area contributed by atoms with Gasteiger partial charge in [0.1, 0.15) is 5.69 Å². The zero-order valence-corrected chi connectivity index (χ0v) is 11.0. The molecule has 1 heterocycles. The van der Waals surface area contributed by atoms with Crippen molar-refractivity contribution in [1.82, 2.24) is 4.98 Å². The maximum atomic E-state index is 11.3. The molecule has 18 heavy (non-hydrogen) atoms. The number of rotatable bonds is 5. The average molecular weight is 261 g/mol. The molecular weight excluding hydrogens is 246 g/mol. The first kappa shape index (κ1) is 12.8. The molecule has 0 unspecified atom stereocenters. The van der Waals surface area contributed by atoms with Crippen molar-refractivity contribution in [3.63, 3.8) is 0 Å². The number of aryl methyl sites for hydroxylation is 1. The lowest BCUT2D eigenvalue weighted by molar-refractivity contribution is 0.0595. The number of aromatic nitrogens is 1. The normalized spacial score (nSPS) is 10.3. The number of hydrogen-bond donors (Lipinski definition) is 1. The molecule has 2 aromatic rings. The van der Waals surface area contributed by atoms with E-state index < -0.39 is 0 Å². The van der Waals surface area contributed by atoms with Crippen LogP contribution in [0, 0.1) is 0 Å². The Morgan fingerprint density at radius 3 is 2.83 bits per heavy atom. The third kappa shape index (κ3) is 3.40. The molecule has 1 aromatic carbocycles. The number of benzene rings is 1. The Morgan fingerprint density at radius 2 is 2.11 bits per heavy atom. The van der Waals surface area contributed by atoms with Crippen LogP contribution < -0.4 is 0 Å². The highest BCUT2D eigenvalue weighted by atomic mass is 32.2. The van der Waals surface area contributed by atoms with E-state index in [1.54, 1.807) is 11.8 Å². The highest BCUT2D eigenvalue weighted by Gasteiger charge is 2.08. The Kier molecular flexibility index (Phi) is 4.47. The zero-order chi connectivity index (χ0) is 12.8. The van der Waals surface area contributed by atoms with Gasteiger partial charge in [-0.3, -0.25) is 0 Å². The van der Waals surface area contributed by atoms with Crippen LogP contribution in [0.15, 0.2) is 47.5 Å². The van der Waals surface area contributed by atoms with Gasteiger partial charge in [-0.25, -0.2) is 4.79 Å². The minimum Gasteiger partial charge on any atom is -0.464 e. The standard InChI is InChI=1S/C14H15NO2S/c1-17-14(16)13-9-12(10-15-13)18-8-7-11-5-3-2-4-6-11/h2-6,9-10,15H,7-8H2,1H3. The molecule has 0 fully saturated rings. The summed E-state index contributed by atoms with van der Waals surface area (Å²) in [7, 11) is 1.38. The molecule has 0 aliphatic heterocycles. The molecule has 2 rings (SSSR count).